The molecule has 0 aromatic heterocycles. The molecule has 0 amide bonds. The molecule has 0 atom stereocenters. The van der Waals surface area contributed by atoms with Crippen molar-refractivity contribution in [2.24, 2.45) is 0 Å². The number of rotatable bonds is 6. The smallest absolute Gasteiger partial charge is 0.263 e. The molecule has 0 aliphatic carbocycles. The first-order valence-electron chi connectivity index (χ1n) is 7.01. The van der Waals surface area contributed by atoms with E-state index in [1.165, 1.54) is 30.3 Å². The molecule has 9 heteroatoms. The molecule has 24 heavy (non-hydrogen) atoms. The molecule has 0 aliphatic heterocycles. The maximum atomic E-state index is 12.4. The van der Waals surface area contributed by atoms with E-state index in [2.05, 4.69) is 25.4 Å². The van der Waals surface area contributed by atoms with Crippen LogP contribution in [0.2, 0.25) is 0 Å². The summed E-state index contributed by atoms with van der Waals surface area (Å²) in [5.41, 5.74) is 0.272. The minimum atomic E-state index is -3.77. The highest BCUT2D eigenvalue weighted by atomic mass is 79.9. The van der Waals surface area contributed by atoms with Gasteiger partial charge in [-0.25, -0.2) is 21.6 Å². The third kappa shape index (κ3) is 4.56. The fourth-order valence-corrected chi connectivity index (χ4v) is 5.27. The van der Waals surface area contributed by atoms with Crippen molar-refractivity contribution in [3.8, 4) is 0 Å². The van der Waals surface area contributed by atoms with Gasteiger partial charge in [0.05, 0.1) is 4.90 Å². The molecule has 6 nitrogen and oxygen atoms in total. The van der Waals surface area contributed by atoms with Crippen LogP contribution in [0, 0.1) is 0 Å². The average Bonchev–Trinajstić information content (AvgIpc) is 2.46. The van der Waals surface area contributed by atoms with Gasteiger partial charge in [-0.05, 0) is 66.2 Å². The summed E-state index contributed by atoms with van der Waals surface area (Å²) in [4.78, 5) is 0.170. The van der Waals surface area contributed by atoms with Crippen LogP contribution >= 0.6 is 15.9 Å². The summed E-state index contributed by atoms with van der Waals surface area (Å²) in [6, 6.07) is 11.7. The molecule has 0 bridgehead atoms. The van der Waals surface area contributed by atoms with Gasteiger partial charge in [0.25, 0.3) is 10.0 Å². The van der Waals surface area contributed by atoms with Crippen LogP contribution in [-0.4, -0.2) is 22.9 Å². The molecule has 0 radical (unpaired) electrons. The Morgan fingerprint density at radius 2 is 1.46 bits per heavy atom. The molecule has 0 heterocycles. The highest BCUT2D eigenvalue weighted by Crippen LogP contribution is 2.24. The first kappa shape index (κ1) is 18.9. The molecule has 130 valence electrons. The molecule has 0 fully saturated rings. The van der Waals surface area contributed by atoms with Crippen molar-refractivity contribution in [1.82, 2.24) is 4.72 Å². The van der Waals surface area contributed by atoms with E-state index < -0.39 is 20.0 Å². The van der Waals surface area contributed by atoms with E-state index in [9.17, 15) is 16.8 Å². The Kier molecular flexibility index (Phi) is 5.69. The minimum Gasteiger partial charge on any atom is -0.280 e. The van der Waals surface area contributed by atoms with Crippen LogP contribution in [0.25, 0.3) is 0 Å². The quantitative estimate of drug-likeness (QED) is 0.733. The van der Waals surface area contributed by atoms with Crippen molar-refractivity contribution in [2.75, 3.05) is 4.72 Å². The van der Waals surface area contributed by atoms with E-state index in [4.69, 9.17) is 0 Å². The van der Waals surface area contributed by atoms with Crippen LogP contribution in [0.3, 0.4) is 0 Å². The molecule has 0 saturated carbocycles. The molecule has 2 aromatic carbocycles. The lowest BCUT2D eigenvalue weighted by Gasteiger charge is -2.12. The van der Waals surface area contributed by atoms with Crippen molar-refractivity contribution >= 4 is 41.7 Å². The van der Waals surface area contributed by atoms with Gasteiger partial charge in [-0.1, -0.05) is 12.1 Å². The van der Waals surface area contributed by atoms with Crippen LogP contribution in [0.5, 0.6) is 0 Å². The first-order valence-corrected chi connectivity index (χ1v) is 10.8. The second-order valence-electron chi connectivity index (χ2n) is 5.34. The van der Waals surface area contributed by atoms with E-state index in [0.29, 0.717) is 4.47 Å². The van der Waals surface area contributed by atoms with Gasteiger partial charge in [0.1, 0.15) is 4.90 Å². The van der Waals surface area contributed by atoms with Gasteiger partial charge < -0.3 is 0 Å². The molecule has 2 aromatic rings. The van der Waals surface area contributed by atoms with Crippen molar-refractivity contribution in [3.05, 3.63) is 53.0 Å². The summed E-state index contributed by atoms with van der Waals surface area (Å²) in [7, 11) is -7.39. The van der Waals surface area contributed by atoms with E-state index in [-0.39, 0.29) is 21.5 Å². The number of anilines is 1. The third-order valence-corrected chi connectivity index (χ3v) is 7.00. The van der Waals surface area contributed by atoms with Crippen LogP contribution in [-0.2, 0) is 20.0 Å². The van der Waals surface area contributed by atoms with Gasteiger partial charge >= 0.3 is 0 Å². The predicted molar refractivity (Wildman–Crippen MR) is 96.9 cm³/mol. The standard InChI is InChI=1S/C15H17BrN2O4S2/c1-11(2)17-23(19,20)13-9-7-12(8-10-13)18-24(21,22)15-6-4-3-5-14(15)16/h3-11,17-18H,1-2H3. The molecule has 0 spiro atoms. The highest BCUT2D eigenvalue weighted by molar-refractivity contribution is 9.10. The summed E-state index contributed by atoms with van der Waals surface area (Å²) in [6.45, 7) is 3.44. The van der Waals surface area contributed by atoms with Crippen LogP contribution in [0.15, 0.2) is 62.8 Å². The summed E-state index contributed by atoms with van der Waals surface area (Å²) in [5, 5.41) is 0. The summed E-state index contributed by atoms with van der Waals surface area (Å²) < 4.78 is 54.2. The topological polar surface area (TPSA) is 92.3 Å². The second kappa shape index (κ2) is 7.22. The molecular weight excluding hydrogens is 416 g/mol. The highest BCUT2D eigenvalue weighted by Gasteiger charge is 2.18. The van der Waals surface area contributed by atoms with Gasteiger partial charge in [0.2, 0.25) is 10.0 Å². The molecule has 2 rings (SSSR count). The van der Waals surface area contributed by atoms with Gasteiger partial charge in [-0.2, -0.15) is 0 Å². The number of hydrogen-bond acceptors (Lipinski definition) is 4. The van der Waals surface area contributed by atoms with Crippen molar-refractivity contribution in [1.29, 1.82) is 0 Å². The lowest BCUT2D eigenvalue weighted by Crippen LogP contribution is -2.30. The van der Waals surface area contributed by atoms with Gasteiger partial charge in [-0.3, -0.25) is 4.72 Å². The van der Waals surface area contributed by atoms with Crippen LogP contribution in [0.1, 0.15) is 13.8 Å². The molecule has 0 saturated heterocycles. The van der Waals surface area contributed by atoms with Gasteiger partial charge in [0.15, 0.2) is 0 Å². The number of sulfonamides is 2. The van der Waals surface area contributed by atoms with E-state index in [0.717, 1.165) is 0 Å². The average molecular weight is 433 g/mol. The molecular formula is C15H17BrN2O4S2. The molecule has 0 unspecified atom stereocenters. The van der Waals surface area contributed by atoms with E-state index >= 15 is 0 Å². The maximum Gasteiger partial charge on any atom is 0.263 e. The Labute approximate surface area is 150 Å². The molecule has 2 N–H and O–H groups in total. The van der Waals surface area contributed by atoms with E-state index in [1.54, 1.807) is 32.0 Å². The Bertz CT molecular complexity index is 924. The minimum absolute atomic E-state index is 0.0695. The van der Waals surface area contributed by atoms with E-state index in [1.807, 2.05) is 0 Å². The van der Waals surface area contributed by atoms with Crippen molar-refractivity contribution < 1.29 is 16.8 Å². The Balaban J connectivity index is 2.25. The van der Waals surface area contributed by atoms with Crippen LogP contribution < -0.4 is 9.44 Å². The lowest BCUT2D eigenvalue weighted by atomic mass is 10.3. The van der Waals surface area contributed by atoms with Crippen molar-refractivity contribution in [2.45, 2.75) is 29.7 Å². The Morgan fingerprint density at radius 3 is 2.00 bits per heavy atom. The normalized spacial score (nSPS) is 12.3. The second-order valence-corrected chi connectivity index (χ2v) is 9.56. The molecule has 0 aliphatic rings. The third-order valence-electron chi connectivity index (χ3n) is 2.93. The maximum absolute atomic E-state index is 12.4. The summed E-state index contributed by atoms with van der Waals surface area (Å²) >= 11 is 3.20. The van der Waals surface area contributed by atoms with Gasteiger partial charge in [-0.15, -0.1) is 0 Å². The zero-order chi connectivity index (χ0) is 18.0. The zero-order valence-electron chi connectivity index (χ0n) is 13.0. The monoisotopic (exact) mass is 432 g/mol. The fraction of sp³-hybridized carbons (Fsp3) is 0.200. The number of benzene rings is 2. The number of nitrogens with one attached hydrogen (secondary N) is 2. The summed E-state index contributed by atoms with van der Waals surface area (Å²) in [6.07, 6.45) is 0. The van der Waals surface area contributed by atoms with Crippen LogP contribution in [0.4, 0.5) is 5.69 Å². The Hall–Kier alpha value is -1.42. The Morgan fingerprint density at radius 1 is 0.875 bits per heavy atom. The summed E-state index contributed by atoms with van der Waals surface area (Å²) in [5.74, 6) is 0. The SMILES string of the molecule is CC(C)NS(=O)(=O)c1ccc(NS(=O)(=O)c2ccccc2Br)cc1. The van der Waals surface area contributed by atoms with Gasteiger partial charge in [0, 0.05) is 16.2 Å². The zero-order valence-corrected chi connectivity index (χ0v) is 16.2. The number of halogens is 1. The lowest BCUT2D eigenvalue weighted by molar-refractivity contribution is 0.570. The fourth-order valence-electron chi connectivity index (χ4n) is 1.95. The first-order chi connectivity index (χ1) is 11.1. The van der Waals surface area contributed by atoms with Crippen molar-refractivity contribution in [3.63, 3.8) is 0 Å². The largest absolute Gasteiger partial charge is 0.280 e. The number of hydrogen-bond donors (Lipinski definition) is 2. The predicted octanol–water partition coefficient (Wildman–Crippen LogP) is 2.94.